The third-order valence-corrected chi connectivity index (χ3v) is 3.18. The van der Waals surface area contributed by atoms with Crippen LogP contribution in [0.3, 0.4) is 0 Å². The quantitative estimate of drug-likeness (QED) is 0.613. The molecule has 0 radical (unpaired) electrons. The van der Waals surface area contributed by atoms with Crippen LogP contribution in [0.15, 0.2) is 18.2 Å². The van der Waals surface area contributed by atoms with Crippen LogP contribution in [0.4, 0.5) is 5.69 Å². The Morgan fingerprint density at radius 3 is 3.25 bits per heavy atom. The molecule has 1 aromatic rings. The van der Waals surface area contributed by atoms with Crippen LogP contribution in [0, 0.1) is 0 Å². The van der Waals surface area contributed by atoms with Gasteiger partial charge in [0.15, 0.2) is 0 Å². The first-order valence-corrected chi connectivity index (χ1v) is 4.81. The Hall–Kier alpha value is -0.980. The topological polar surface area (TPSA) is 12.0 Å². The molecule has 1 aromatic carbocycles. The lowest BCUT2D eigenvalue weighted by Gasteiger charge is -2.22. The zero-order valence-electron chi connectivity index (χ0n) is 7.14. The SMILES string of the molecule is c1cc2c3c(c1)NCCC3CC2. The third kappa shape index (κ3) is 0.739. The van der Waals surface area contributed by atoms with Gasteiger partial charge in [-0.2, -0.15) is 0 Å². The molecule has 1 atom stereocenters. The van der Waals surface area contributed by atoms with E-state index in [0.29, 0.717) is 0 Å². The molecule has 1 heteroatoms. The first kappa shape index (κ1) is 6.53. The summed E-state index contributed by atoms with van der Waals surface area (Å²) in [5.41, 5.74) is 4.62. The first-order chi connectivity index (χ1) is 5.95. The maximum absolute atomic E-state index is 3.47. The molecule has 0 amide bonds. The van der Waals surface area contributed by atoms with E-state index in [1.54, 1.807) is 11.1 Å². The lowest BCUT2D eigenvalue weighted by atomic mass is 9.93. The average molecular weight is 159 g/mol. The highest BCUT2D eigenvalue weighted by molar-refractivity contribution is 5.60. The summed E-state index contributed by atoms with van der Waals surface area (Å²) in [6.07, 6.45) is 4.02. The predicted octanol–water partition coefficient (Wildman–Crippen LogP) is 2.53. The smallest absolute Gasteiger partial charge is 0.0378 e. The van der Waals surface area contributed by atoms with Crippen LogP contribution in [-0.4, -0.2) is 6.54 Å². The van der Waals surface area contributed by atoms with Crippen molar-refractivity contribution >= 4 is 5.69 Å². The van der Waals surface area contributed by atoms with E-state index in [2.05, 4.69) is 23.5 Å². The number of anilines is 1. The van der Waals surface area contributed by atoms with Gasteiger partial charge < -0.3 is 5.32 Å². The van der Waals surface area contributed by atoms with Gasteiger partial charge in [0, 0.05) is 12.2 Å². The van der Waals surface area contributed by atoms with Crippen molar-refractivity contribution in [3.8, 4) is 0 Å². The molecule has 3 rings (SSSR count). The molecule has 0 saturated heterocycles. The van der Waals surface area contributed by atoms with E-state index < -0.39 is 0 Å². The molecule has 0 aromatic heterocycles. The van der Waals surface area contributed by atoms with Crippen molar-refractivity contribution in [2.75, 3.05) is 11.9 Å². The molecule has 1 aliphatic heterocycles. The van der Waals surface area contributed by atoms with Gasteiger partial charge in [-0.25, -0.2) is 0 Å². The van der Waals surface area contributed by atoms with E-state index in [1.165, 1.54) is 31.5 Å². The van der Waals surface area contributed by atoms with Crippen molar-refractivity contribution in [2.24, 2.45) is 0 Å². The van der Waals surface area contributed by atoms with Crippen molar-refractivity contribution in [1.29, 1.82) is 0 Å². The van der Waals surface area contributed by atoms with Crippen LogP contribution in [0.25, 0.3) is 0 Å². The lowest BCUT2D eigenvalue weighted by molar-refractivity contribution is 0.624. The molecule has 0 bridgehead atoms. The van der Waals surface area contributed by atoms with Gasteiger partial charge in [0.1, 0.15) is 0 Å². The molecule has 0 saturated carbocycles. The number of aryl methyl sites for hydroxylation is 1. The maximum Gasteiger partial charge on any atom is 0.0378 e. The number of hydrogen-bond donors (Lipinski definition) is 1. The van der Waals surface area contributed by atoms with Gasteiger partial charge in [-0.3, -0.25) is 0 Å². The summed E-state index contributed by atoms with van der Waals surface area (Å²) in [5, 5.41) is 3.47. The minimum absolute atomic E-state index is 0.873. The van der Waals surface area contributed by atoms with Crippen LogP contribution in [-0.2, 0) is 6.42 Å². The second-order valence-corrected chi connectivity index (χ2v) is 3.83. The molecule has 1 N–H and O–H groups in total. The van der Waals surface area contributed by atoms with Crippen molar-refractivity contribution in [1.82, 2.24) is 0 Å². The number of benzene rings is 1. The molecular weight excluding hydrogens is 146 g/mol. The Bertz CT molecular complexity index is 317. The molecular formula is C11H13N. The van der Waals surface area contributed by atoms with E-state index >= 15 is 0 Å². The van der Waals surface area contributed by atoms with Gasteiger partial charge in [-0.1, -0.05) is 12.1 Å². The average Bonchev–Trinajstić information content (AvgIpc) is 2.52. The molecule has 1 unspecified atom stereocenters. The Morgan fingerprint density at radius 2 is 2.25 bits per heavy atom. The van der Waals surface area contributed by atoms with Gasteiger partial charge in [0.25, 0.3) is 0 Å². The Balaban J connectivity index is 2.23. The monoisotopic (exact) mass is 159 g/mol. The van der Waals surface area contributed by atoms with Gasteiger partial charge in [-0.15, -0.1) is 0 Å². The van der Waals surface area contributed by atoms with E-state index in [9.17, 15) is 0 Å². The van der Waals surface area contributed by atoms with E-state index in [1.807, 2.05) is 0 Å². The van der Waals surface area contributed by atoms with Crippen molar-refractivity contribution < 1.29 is 0 Å². The van der Waals surface area contributed by atoms with Crippen LogP contribution in [0.1, 0.15) is 29.9 Å². The van der Waals surface area contributed by atoms with Crippen LogP contribution < -0.4 is 5.32 Å². The van der Waals surface area contributed by atoms with E-state index in [0.717, 1.165) is 5.92 Å². The molecule has 62 valence electrons. The summed E-state index contributed by atoms with van der Waals surface area (Å²) >= 11 is 0. The Labute approximate surface area is 72.8 Å². The van der Waals surface area contributed by atoms with Crippen LogP contribution >= 0.6 is 0 Å². The van der Waals surface area contributed by atoms with E-state index in [-0.39, 0.29) is 0 Å². The molecule has 12 heavy (non-hydrogen) atoms. The zero-order valence-corrected chi connectivity index (χ0v) is 7.14. The lowest BCUT2D eigenvalue weighted by Crippen LogP contribution is -2.14. The second-order valence-electron chi connectivity index (χ2n) is 3.83. The summed E-state index contributed by atoms with van der Waals surface area (Å²) < 4.78 is 0. The van der Waals surface area contributed by atoms with Gasteiger partial charge in [-0.05, 0) is 42.4 Å². The number of hydrogen-bond acceptors (Lipinski definition) is 1. The number of rotatable bonds is 0. The van der Waals surface area contributed by atoms with Crippen molar-refractivity contribution in [3.63, 3.8) is 0 Å². The van der Waals surface area contributed by atoms with Gasteiger partial charge in [0.2, 0.25) is 0 Å². The normalized spacial score (nSPS) is 24.8. The van der Waals surface area contributed by atoms with Crippen molar-refractivity contribution in [2.45, 2.75) is 25.2 Å². The summed E-state index contributed by atoms with van der Waals surface area (Å²) in [5.74, 6) is 0.873. The zero-order chi connectivity index (χ0) is 7.97. The summed E-state index contributed by atoms with van der Waals surface area (Å²) in [4.78, 5) is 0. The minimum Gasteiger partial charge on any atom is -0.385 e. The second kappa shape index (κ2) is 2.25. The summed E-state index contributed by atoms with van der Waals surface area (Å²) in [6.45, 7) is 1.17. The molecule has 1 aliphatic carbocycles. The van der Waals surface area contributed by atoms with Crippen molar-refractivity contribution in [3.05, 3.63) is 29.3 Å². The first-order valence-electron chi connectivity index (χ1n) is 4.81. The Morgan fingerprint density at radius 1 is 1.25 bits per heavy atom. The molecule has 1 nitrogen and oxygen atoms in total. The maximum atomic E-state index is 3.47. The fourth-order valence-corrected chi connectivity index (χ4v) is 2.61. The largest absolute Gasteiger partial charge is 0.385 e. The Kier molecular flexibility index (Phi) is 1.23. The van der Waals surface area contributed by atoms with Crippen LogP contribution in [0.5, 0.6) is 0 Å². The summed E-state index contributed by atoms with van der Waals surface area (Å²) in [6, 6.07) is 6.68. The highest BCUT2D eigenvalue weighted by Gasteiger charge is 2.27. The van der Waals surface area contributed by atoms with Gasteiger partial charge >= 0.3 is 0 Å². The fourth-order valence-electron chi connectivity index (χ4n) is 2.61. The molecule has 2 aliphatic rings. The van der Waals surface area contributed by atoms with E-state index in [4.69, 9.17) is 0 Å². The molecule has 1 heterocycles. The highest BCUT2D eigenvalue weighted by atomic mass is 14.9. The summed E-state index contributed by atoms with van der Waals surface area (Å²) in [7, 11) is 0. The molecule has 0 fully saturated rings. The highest BCUT2D eigenvalue weighted by Crippen LogP contribution is 2.42. The predicted molar refractivity (Wildman–Crippen MR) is 50.6 cm³/mol. The minimum atomic E-state index is 0.873. The van der Waals surface area contributed by atoms with Gasteiger partial charge in [0.05, 0.1) is 0 Å². The third-order valence-electron chi connectivity index (χ3n) is 3.18. The molecule has 0 spiro atoms. The standard InChI is InChI=1S/C11H13N/c1-2-8-4-5-9-6-7-12-10(3-1)11(8)9/h1-3,9,12H,4-7H2. The number of nitrogens with one attached hydrogen (secondary N) is 1. The van der Waals surface area contributed by atoms with Crippen LogP contribution in [0.2, 0.25) is 0 Å². The fraction of sp³-hybridized carbons (Fsp3) is 0.455.